The summed E-state index contributed by atoms with van der Waals surface area (Å²) in [6.07, 6.45) is 2.48. The summed E-state index contributed by atoms with van der Waals surface area (Å²) in [5, 5.41) is 12.7. The molecule has 3 rings (SSSR count). The van der Waals surface area contributed by atoms with Gasteiger partial charge in [0.25, 0.3) is 5.91 Å². The molecule has 0 radical (unpaired) electrons. The molecule has 1 heterocycles. The summed E-state index contributed by atoms with van der Waals surface area (Å²) >= 11 is 0. The van der Waals surface area contributed by atoms with Crippen LogP contribution in [0.1, 0.15) is 62.8 Å². The first-order valence-corrected chi connectivity index (χ1v) is 13.1. The highest BCUT2D eigenvalue weighted by Crippen LogP contribution is 2.44. The Balaban J connectivity index is 1.98. The first kappa shape index (κ1) is 29.7. The van der Waals surface area contributed by atoms with Gasteiger partial charge in [-0.05, 0) is 52.8 Å². The number of carbonyl (C=O) groups excluding carboxylic acids is 1. The van der Waals surface area contributed by atoms with Crippen molar-refractivity contribution in [2.75, 3.05) is 19.8 Å². The van der Waals surface area contributed by atoms with E-state index in [9.17, 15) is 4.79 Å². The van der Waals surface area contributed by atoms with Crippen molar-refractivity contribution in [3.8, 4) is 5.75 Å². The molecular weight excluding hydrogens is 496 g/mol. The molecule has 0 aromatic heterocycles. The second-order valence-electron chi connectivity index (χ2n) is 10.6. The van der Waals surface area contributed by atoms with Gasteiger partial charge in [0.15, 0.2) is 11.6 Å². The van der Waals surface area contributed by atoms with Gasteiger partial charge in [0.1, 0.15) is 5.75 Å². The van der Waals surface area contributed by atoms with Crippen molar-refractivity contribution in [2.45, 2.75) is 58.2 Å². The van der Waals surface area contributed by atoms with Gasteiger partial charge in [-0.1, -0.05) is 56.2 Å². The number of aliphatic imine (C=N–C) groups is 1. The molecule has 39 heavy (non-hydrogen) atoms. The van der Waals surface area contributed by atoms with Gasteiger partial charge in [0.05, 0.1) is 13.2 Å². The van der Waals surface area contributed by atoms with Crippen LogP contribution < -0.4 is 15.6 Å². The lowest BCUT2D eigenvalue weighted by atomic mass is 9.83. The number of hydrogen-bond acceptors (Lipinski definition) is 7. The highest BCUT2D eigenvalue weighted by molar-refractivity contribution is 6.01. The number of amides is 1. The van der Waals surface area contributed by atoms with Gasteiger partial charge in [0.2, 0.25) is 5.90 Å². The zero-order valence-corrected chi connectivity index (χ0v) is 22.9. The Kier molecular flexibility index (Phi) is 10.5. The normalized spacial score (nSPS) is 18.5. The minimum absolute atomic E-state index is 0.0593. The standard InChI is InChI=1S/C29H38N6O4/c1-5-15-29(27(37)34-31-17-16-28(2,3)4)25(24-10-7-6-9-22(24)20-32-35-30)39-26(33-29)21-11-13-23(14-12-21)38-19-8-18-36/h5-7,9-14,25,31,36H,1,8,15-20H2,2-4H3,(H,34,37)/t25-,29-/m0/s1. The number of nitrogens with one attached hydrogen (secondary N) is 2. The number of carbonyl (C=O) groups is 1. The van der Waals surface area contributed by atoms with Gasteiger partial charge in [0, 0.05) is 36.5 Å². The predicted molar refractivity (Wildman–Crippen MR) is 151 cm³/mol. The Hall–Kier alpha value is -3.85. The van der Waals surface area contributed by atoms with Crippen molar-refractivity contribution >= 4 is 11.8 Å². The van der Waals surface area contributed by atoms with Crippen molar-refractivity contribution in [3.63, 3.8) is 0 Å². The maximum absolute atomic E-state index is 13.8. The number of rotatable bonds is 14. The van der Waals surface area contributed by atoms with E-state index in [1.54, 1.807) is 18.2 Å². The highest BCUT2D eigenvalue weighted by atomic mass is 16.5. The van der Waals surface area contributed by atoms with Crippen molar-refractivity contribution in [1.29, 1.82) is 0 Å². The average molecular weight is 535 g/mol. The lowest BCUT2D eigenvalue weighted by molar-refractivity contribution is -0.129. The monoisotopic (exact) mass is 534 g/mol. The van der Waals surface area contributed by atoms with Gasteiger partial charge in [-0.15, -0.1) is 6.58 Å². The molecule has 0 unspecified atom stereocenters. The SMILES string of the molecule is C=CC[C@]1(C(=O)NNCCC(C)(C)C)N=C(c2ccc(OCCCO)cc2)O[C@H]1c1ccccc1CN=[N+]=[N-]. The van der Waals surface area contributed by atoms with Crippen LogP contribution in [0.2, 0.25) is 0 Å². The quantitative estimate of drug-likeness (QED) is 0.0768. The van der Waals surface area contributed by atoms with E-state index in [1.165, 1.54) is 0 Å². The Morgan fingerprint density at radius 2 is 2.03 bits per heavy atom. The van der Waals surface area contributed by atoms with Crippen LogP contribution in [0, 0.1) is 5.41 Å². The number of ether oxygens (including phenoxy) is 2. The van der Waals surface area contributed by atoms with Crippen LogP contribution in [-0.2, 0) is 16.1 Å². The van der Waals surface area contributed by atoms with Crippen LogP contribution in [0.4, 0.5) is 0 Å². The molecule has 0 spiro atoms. The van der Waals surface area contributed by atoms with Gasteiger partial charge in [-0.25, -0.2) is 10.4 Å². The first-order valence-electron chi connectivity index (χ1n) is 13.1. The lowest BCUT2D eigenvalue weighted by Gasteiger charge is -2.31. The third kappa shape index (κ3) is 7.83. The molecule has 208 valence electrons. The molecule has 0 bridgehead atoms. The maximum atomic E-state index is 13.8. The van der Waals surface area contributed by atoms with Crippen LogP contribution >= 0.6 is 0 Å². The summed E-state index contributed by atoms with van der Waals surface area (Å²) in [6.45, 7) is 11.5. The number of hydrogen-bond donors (Lipinski definition) is 3. The van der Waals surface area contributed by atoms with Crippen molar-refractivity contribution < 1.29 is 19.4 Å². The molecule has 3 N–H and O–H groups in total. The van der Waals surface area contributed by atoms with Gasteiger partial charge in [-0.2, -0.15) is 0 Å². The fourth-order valence-electron chi connectivity index (χ4n) is 4.24. The van der Waals surface area contributed by atoms with Crippen molar-refractivity contribution in [2.24, 2.45) is 15.5 Å². The molecule has 2 atom stereocenters. The molecule has 0 fully saturated rings. The number of nitrogens with zero attached hydrogens (tertiary/aromatic N) is 4. The number of aliphatic hydroxyl groups is 1. The number of aliphatic hydroxyl groups excluding tert-OH is 1. The Bertz CT molecular complexity index is 1200. The van der Waals surface area contributed by atoms with Gasteiger partial charge < -0.3 is 14.6 Å². The molecule has 2 aromatic carbocycles. The van der Waals surface area contributed by atoms with E-state index >= 15 is 0 Å². The Morgan fingerprint density at radius 3 is 2.69 bits per heavy atom. The fraction of sp³-hybridized carbons (Fsp3) is 0.448. The molecule has 1 aliphatic rings. The zero-order chi connectivity index (χ0) is 28.3. The lowest BCUT2D eigenvalue weighted by Crippen LogP contribution is -2.53. The molecule has 1 aliphatic heterocycles. The Labute approximate surface area is 229 Å². The minimum atomic E-state index is -1.35. The third-order valence-electron chi connectivity index (χ3n) is 6.33. The number of hydrazine groups is 1. The number of azide groups is 1. The van der Waals surface area contributed by atoms with E-state index in [-0.39, 0.29) is 30.9 Å². The van der Waals surface area contributed by atoms with E-state index in [4.69, 9.17) is 25.1 Å². The molecule has 2 aromatic rings. The van der Waals surface area contributed by atoms with Crippen LogP contribution in [0.3, 0.4) is 0 Å². The minimum Gasteiger partial charge on any atom is -0.494 e. The summed E-state index contributed by atoms with van der Waals surface area (Å²) < 4.78 is 12.1. The van der Waals surface area contributed by atoms with Crippen LogP contribution in [-0.4, -0.2) is 42.2 Å². The summed E-state index contributed by atoms with van der Waals surface area (Å²) in [6, 6.07) is 14.6. The van der Waals surface area contributed by atoms with Crippen LogP contribution in [0.25, 0.3) is 10.4 Å². The zero-order valence-electron chi connectivity index (χ0n) is 22.9. The molecule has 0 aliphatic carbocycles. The van der Waals surface area contributed by atoms with Crippen molar-refractivity contribution in [1.82, 2.24) is 10.9 Å². The van der Waals surface area contributed by atoms with Crippen LogP contribution in [0.15, 0.2) is 71.3 Å². The van der Waals surface area contributed by atoms with E-state index in [0.717, 1.165) is 12.0 Å². The highest BCUT2D eigenvalue weighted by Gasteiger charge is 2.53. The average Bonchev–Trinajstić information content (AvgIpc) is 3.30. The summed E-state index contributed by atoms with van der Waals surface area (Å²) in [5.74, 6) is 0.617. The molecule has 0 saturated heterocycles. The van der Waals surface area contributed by atoms with Crippen LogP contribution in [0.5, 0.6) is 5.75 Å². The first-order chi connectivity index (χ1) is 18.7. The molecule has 10 nitrogen and oxygen atoms in total. The van der Waals surface area contributed by atoms with Gasteiger partial charge in [-0.3, -0.25) is 10.2 Å². The molecule has 10 heteroatoms. The van der Waals surface area contributed by atoms with E-state index in [2.05, 4.69) is 48.2 Å². The summed E-state index contributed by atoms with van der Waals surface area (Å²) in [4.78, 5) is 21.6. The summed E-state index contributed by atoms with van der Waals surface area (Å²) in [5.41, 5.74) is 15.7. The van der Waals surface area contributed by atoms with E-state index in [0.29, 0.717) is 42.3 Å². The summed E-state index contributed by atoms with van der Waals surface area (Å²) in [7, 11) is 0. The second-order valence-corrected chi connectivity index (χ2v) is 10.6. The van der Waals surface area contributed by atoms with E-state index < -0.39 is 11.6 Å². The topological polar surface area (TPSA) is 141 Å². The molecular formula is C29H38N6O4. The Morgan fingerprint density at radius 1 is 1.28 bits per heavy atom. The van der Waals surface area contributed by atoms with Crippen molar-refractivity contribution in [3.05, 3.63) is 88.3 Å². The fourth-order valence-corrected chi connectivity index (χ4v) is 4.24. The van der Waals surface area contributed by atoms with Gasteiger partial charge >= 0.3 is 0 Å². The van der Waals surface area contributed by atoms with E-state index in [1.807, 2.05) is 36.4 Å². The third-order valence-corrected chi connectivity index (χ3v) is 6.33. The maximum Gasteiger partial charge on any atom is 0.266 e. The predicted octanol–water partition coefficient (Wildman–Crippen LogP) is 5.15. The molecule has 1 amide bonds. The second kappa shape index (κ2) is 13.8. The molecule has 0 saturated carbocycles. The smallest absolute Gasteiger partial charge is 0.266 e. The largest absolute Gasteiger partial charge is 0.494 e. The number of benzene rings is 2.